The van der Waals surface area contributed by atoms with Crippen LogP contribution in [0.2, 0.25) is 5.02 Å². The van der Waals surface area contributed by atoms with Crippen molar-refractivity contribution in [3.05, 3.63) is 29.3 Å². The maximum absolute atomic E-state index is 5.85. The second kappa shape index (κ2) is 4.17. The molecule has 1 rings (SSSR count). The predicted octanol–water partition coefficient (Wildman–Crippen LogP) is 1.77. The molecule has 3 nitrogen and oxygen atoms in total. The molecular weight excluding hydrogens is 198 g/mol. The summed E-state index contributed by atoms with van der Waals surface area (Å²) in [7, 11) is 0. The molecular formula is C10H16ClN3. The lowest BCUT2D eigenvalue weighted by molar-refractivity contribution is 0.442. The van der Waals surface area contributed by atoms with Gasteiger partial charge in [0.2, 0.25) is 0 Å². The Morgan fingerprint density at radius 2 is 2.07 bits per heavy atom. The van der Waals surface area contributed by atoms with Crippen LogP contribution in [0, 0.1) is 0 Å². The lowest BCUT2D eigenvalue weighted by atomic mass is 10.0. The van der Waals surface area contributed by atoms with E-state index in [1.54, 1.807) is 0 Å². The Bertz CT molecular complexity index is 306. The highest BCUT2D eigenvalue weighted by Crippen LogP contribution is 2.16. The standard InChI is InChI=1S/C10H16ClN3/c1-10(2,13)9(12)14-8-5-3-4-7(11)6-8/h3-6,9,14H,12-13H2,1-2H3. The van der Waals surface area contributed by atoms with E-state index in [-0.39, 0.29) is 6.17 Å². The monoisotopic (exact) mass is 213 g/mol. The Balaban J connectivity index is 2.70. The summed E-state index contributed by atoms with van der Waals surface area (Å²) < 4.78 is 0. The van der Waals surface area contributed by atoms with Gasteiger partial charge < -0.3 is 16.8 Å². The number of anilines is 1. The highest BCUT2D eigenvalue weighted by atomic mass is 35.5. The van der Waals surface area contributed by atoms with E-state index in [2.05, 4.69) is 5.32 Å². The Morgan fingerprint density at radius 1 is 1.43 bits per heavy atom. The van der Waals surface area contributed by atoms with E-state index in [9.17, 15) is 0 Å². The zero-order valence-electron chi connectivity index (χ0n) is 8.42. The van der Waals surface area contributed by atoms with Gasteiger partial charge in [-0.2, -0.15) is 0 Å². The molecule has 14 heavy (non-hydrogen) atoms. The van der Waals surface area contributed by atoms with E-state index in [4.69, 9.17) is 23.1 Å². The first-order chi connectivity index (χ1) is 6.39. The van der Waals surface area contributed by atoms with Crippen LogP contribution in [-0.2, 0) is 0 Å². The Morgan fingerprint density at radius 3 is 2.57 bits per heavy atom. The second-order valence-corrected chi connectivity index (χ2v) is 4.39. The summed E-state index contributed by atoms with van der Waals surface area (Å²) in [5.74, 6) is 0. The van der Waals surface area contributed by atoms with E-state index in [0.717, 1.165) is 5.69 Å². The first-order valence-electron chi connectivity index (χ1n) is 4.46. The van der Waals surface area contributed by atoms with Crippen LogP contribution >= 0.6 is 11.6 Å². The molecule has 0 heterocycles. The zero-order chi connectivity index (χ0) is 10.8. The summed E-state index contributed by atoms with van der Waals surface area (Å²) in [6.07, 6.45) is -0.305. The van der Waals surface area contributed by atoms with Gasteiger partial charge in [-0.25, -0.2) is 0 Å². The maximum Gasteiger partial charge on any atom is 0.0922 e. The van der Waals surface area contributed by atoms with Crippen molar-refractivity contribution in [1.29, 1.82) is 0 Å². The minimum Gasteiger partial charge on any atom is -0.368 e. The van der Waals surface area contributed by atoms with Crippen molar-refractivity contribution >= 4 is 17.3 Å². The number of rotatable bonds is 3. The molecule has 0 fully saturated rings. The summed E-state index contributed by atoms with van der Waals surface area (Å²) in [6, 6.07) is 7.39. The number of benzene rings is 1. The number of hydrogen-bond donors (Lipinski definition) is 3. The lowest BCUT2D eigenvalue weighted by Crippen LogP contribution is -2.54. The molecule has 0 aliphatic heterocycles. The SMILES string of the molecule is CC(C)(N)C(N)Nc1cccc(Cl)c1. The summed E-state index contributed by atoms with van der Waals surface area (Å²) in [5.41, 5.74) is 12.1. The zero-order valence-corrected chi connectivity index (χ0v) is 9.18. The molecule has 4 heteroatoms. The molecule has 1 aromatic carbocycles. The third kappa shape index (κ3) is 3.18. The lowest BCUT2D eigenvalue weighted by Gasteiger charge is -2.28. The van der Waals surface area contributed by atoms with Crippen LogP contribution in [0.25, 0.3) is 0 Å². The van der Waals surface area contributed by atoms with Crippen LogP contribution in [-0.4, -0.2) is 11.7 Å². The molecule has 0 saturated heterocycles. The quantitative estimate of drug-likeness (QED) is 0.671. The molecule has 0 aliphatic rings. The van der Waals surface area contributed by atoms with Gasteiger partial charge in [-0.3, -0.25) is 0 Å². The van der Waals surface area contributed by atoms with Gasteiger partial charge in [0.1, 0.15) is 0 Å². The maximum atomic E-state index is 5.85. The summed E-state index contributed by atoms with van der Waals surface area (Å²) in [4.78, 5) is 0. The van der Waals surface area contributed by atoms with Gasteiger partial charge in [0.05, 0.1) is 6.17 Å². The molecule has 1 aromatic rings. The molecule has 78 valence electrons. The third-order valence-corrected chi connectivity index (χ3v) is 2.18. The molecule has 0 radical (unpaired) electrons. The minimum absolute atomic E-state index is 0.305. The highest BCUT2D eigenvalue weighted by Gasteiger charge is 2.20. The van der Waals surface area contributed by atoms with Gasteiger partial charge in [-0.1, -0.05) is 17.7 Å². The second-order valence-electron chi connectivity index (χ2n) is 3.95. The molecule has 0 aliphatic carbocycles. The van der Waals surface area contributed by atoms with Crippen LogP contribution in [0.5, 0.6) is 0 Å². The highest BCUT2D eigenvalue weighted by molar-refractivity contribution is 6.30. The first-order valence-corrected chi connectivity index (χ1v) is 4.84. The average molecular weight is 214 g/mol. The van der Waals surface area contributed by atoms with E-state index < -0.39 is 5.54 Å². The molecule has 0 spiro atoms. The van der Waals surface area contributed by atoms with Gasteiger partial charge in [-0.15, -0.1) is 0 Å². The topological polar surface area (TPSA) is 64.1 Å². The summed E-state index contributed by atoms with van der Waals surface area (Å²) in [5, 5.41) is 3.77. The van der Waals surface area contributed by atoms with Crippen molar-refractivity contribution < 1.29 is 0 Å². The van der Waals surface area contributed by atoms with Gasteiger partial charge >= 0.3 is 0 Å². The predicted molar refractivity (Wildman–Crippen MR) is 61.3 cm³/mol. The van der Waals surface area contributed by atoms with Gasteiger partial charge in [-0.05, 0) is 32.0 Å². The van der Waals surface area contributed by atoms with Crippen LogP contribution in [0.3, 0.4) is 0 Å². The molecule has 1 atom stereocenters. The fourth-order valence-electron chi connectivity index (χ4n) is 0.944. The van der Waals surface area contributed by atoms with Crippen LogP contribution < -0.4 is 16.8 Å². The smallest absolute Gasteiger partial charge is 0.0922 e. The normalized spacial score (nSPS) is 13.8. The van der Waals surface area contributed by atoms with E-state index in [1.807, 2.05) is 38.1 Å². The number of nitrogens with one attached hydrogen (secondary N) is 1. The molecule has 0 saturated carbocycles. The van der Waals surface area contributed by atoms with E-state index in [0.29, 0.717) is 5.02 Å². The largest absolute Gasteiger partial charge is 0.368 e. The molecule has 0 amide bonds. The van der Waals surface area contributed by atoms with E-state index >= 15 is 0 Å². The van der Waals surface area contributed by atoms with Crippen molar-refractivity contribution in [2.24, 2.45) is 11.5 Å². The van der Waals surface area contributed by atoms with Crippen molar-refractivity contribution in [3.63, 3.8) is 0 Å². The van der Waals surface area contributed by atoms with E-state index in [1.165, 1.54) is 0 Å². The fourth-order valence-corrected chi connectivity index (χ4v) is 1.13. The van der Waals surface area contributed by atoms with Gasteiger partial charge in [0.15, 0.2) is 0 Å². The van der Waals surface area contributed by atoms with Crippen molar-refractivity contribution in [2.45, 2.75) is 25.6 Å². The Kier molecular flexibility index (Phi) is 3.37. The molecule has 0 aromatic heterocycles. The molecule has 5 N–H and O–H groups in total. The van der Waals surface area contributed by atoms with Crippen LogP contribution in [0.4, 0.5) is 5.69 Å². The Labute approximate surface area is 89.4 Å². The fraction of sp³-hybridized carbons (Fsp3) is 0.400. The average Bonchev–Trinajstić information content (AvgIpc) is 2.02. The van der Waals surface area contributed by atoms with Crippen molar-refractivity contribution in [3.8, 4) is 0 Å². The van der Waals surface area contributed by atoms with Crippen LogP contribution in [0.15, 0.2) is 24.3 Å². The minimum atomic E-state index is -0.470. The van der Waals surface area contributed by atoms with Gasteiger partial charge in [0, 0.05) is 16.2 Å². The van der Waals surface area contributed by atoms with Crippen LogP contribution in [0.1, 0.15) is 13.8 Å². The van der Waals surface area contributed by atoms with Crippen molar-refractivity contribution in [1.82, 2.24) is 0 Å². The number of hydrogen-bond acceptors (Lipinski definition) is 3. The third-order valence-electron chi connectivity index (χ3n) is 1.95. The Hall–Kier alpha value is -0.770. The summed E-state index contributed by atoms with van der Waals surface area (Å²) in [6.45, 7) is 3.74. The molecule has 1 unspecified atom stereocenters. The number of nitrogens with two attached hydrogens (primary N) is 2. The molecule has 0 bridgehead atoms. The first kappa shape index (κ1) is 11.3. The number of halogens is 1. The summed E-state index contributed by atoms with van der Waals surface area (Å²) >= 11 is 5.83. The van der Waals surface area contributed by atoms with Crippen molar-refractivity contribution in [2.75, 3.05) is 5.32 Å². The van der Waals surface area contributed by atoms with Gasteiger partial charge in [0.25, 0.3) is 0 Å².